The molecule has 1 aromatic rings. The molecule has 1 heteroatoms. The number of hydrogen-bond acceptors (Lipinski definition) is 1. The van der Waals surface area contributed by atoms with Gasteiger partial charge < -0.3 is 5.11 Å². The van der Waals surface area contributed by atoms with Gasteiger partial charge in [0.05, 0.1) is 6.10 Å². The summed E-state index contributed by atoms with van der Waals surface area (Å²) >= 11 is 0. The van der Waals surface area contributed by atoms with Gasteiger partial charge in [0.2, 0.25) is 0 Å². The van der Waals surface area contributed by atoms with Crippen molar-refractivity contribution in [1.29, 1.82) is 0 Å². The maximum absolute atomic E-state index is 9.60. The molecule has 0 fully saturated rings. The average Bonchev–Trinajstić information content (AvgIpc) is 2.21. The summed E-state index contributed by atoms with van der Waals surface area (Å²) in [7, 11) is 0. The quantitative estimate of drug-likeness (QED) is 0.760. The van der Waals surface area contributed by atoms with Crippen LogP contribution in [0.2, 0.25) is 0 Å². The van der Waals surface area contributed by atoms with Crippen LogP contribution in [0.1, 0.15) is 37.8 Å². The van der Waals surface area contributed by atoms with Gasteiger partial charge in [0.25, 0.3) is 0 Å². The third-order valence-corrected chi connectivity index (χ3v) is 2.56. The van der Waals surface area contributed by atoms with E-state index >= 15 is 0 Å². The highest BCUT2D eigenvalue weighted by molar-refractivity contribution is 5.27. The fraction of sp³-hybridized carbons (Fsp3) is 0.538. The first kappa shape index (κ1) is 11.3. The predicted octanol–water partition coefficient (Wildman–Crippen LogP) is 2.95. The van der Waals surface area contributed by atoms with Crippen molar-refractivity contribution in [3.63, 3.8) is 0 Å². The largest absolute Gasteiger partial charge is 0.393 e. The van der Waals surface area contributed by atoms with Crippen LogP contribution in [0.4, 0.5) is 0 Å². The Bertz CT molecular complexity index is 268. The van der Waals surface area contributed by atoms with Gasteiger partial charge in [0, 0.05) is 0 Å². The van der Waals surface area contributed by atoms with Crippen LogP contribution < -0.4 is 0 Å². The van der Waals surface area contributed by atoms with Gasteiger partial charge in [-0.2, -0.15) is 0 Å². The first-order valence-electron chi connectivity index (χ1n) is 5.52. The molecule has 0 aliphatic rings. The number of aliphatic hydroxyl groups excluding tert-OH is 1. The van der Waals surface area contributed by atoms with Crippen molar-refractivity contribution in [2.45, 2.75) is 45.6 Å². The number of aliphatic hydroxyl groups is 1. The summed E-state index contributed by atoms with van der Waals surface area (Å²) in [6, 6.07) is 8.43. The van der Waals surface area contributed by atoms with Gasteiger partial charge in [-0.1, -0.05) is 44.5 Å². The molecule has 0 amide bonds. The zero-order valence-corrected chi connectivity index (χ0v) is 9.16. The van der Waals surface area contributed by atoms with E-state index in [1.165, 1.54) is 17.5 Å². The lowest BCUT2D eigenvalue weighted by Crippen LogP contribution is -2.10. The maximum Gasteiger partial charge on any atom is 0.0578 e. The van der Waals surface area contributed by atoms with E-state index in [4.69, 9.17) is 0 Å². The average molecular weight is 192 g/mol. The molecule has 0 saturated heterocycles. The van der Waals surface area contributed by atoms with Gasteiger partial charge in [-0.25, -0.2) is 0 Å². The monoisotopic (exact) mass is 192 g/mol. The number of rotatable bonds is 5. The zero-order chi connectivity index (χ0) is 10.4. The van der Waals surface area contributed by atoms with Crippen LogP contribution in [0, 0.1) is 0 Å². The summed E-state index contributed by atoms with van der Waals surface area (Å²) in [6.45, 7) is 4.21. The lowest BCUT2D eigenvalue weighted by atomic mass is 9.98. The van der Waals surface area contributed by atoms with Crippen molar-refractivity contribution in [1.82, 2.24) is 0 Å². The molecule has 0 spiro atoms. The van der Waals surface area contributed by atoms with Gasteiger partial charge in [-0.05, 0) is 30.4 Å². The minimum Gasteiger partial charge on any atom is -0.393 e. The number of aryl methyl sites for hydroxylation is 1. The maximum atomic E-state index is 9.60. The van der Waals surface area contributed by atoms with Crippen LogP contribution in [0.5, 0.6) is 0 Å². The summed E-state index contributed by atoms with van der Waals surface area (Å²) < 4.78 is 0. The van der Waals surface area contributed by atoms with Crippen molar-refractivity contribution >= 4 is 0 Å². The van der Waals surface area contributed by atoms with E-state index in [9.17, 15) is 5.11 Å². The van der Waals surface area contributed by atoms with Crippen LogP contribution in [0.15, 0.2) is 24.3 Å². The molecule has 0 saturated carbocycles. The van der Waals surface area contributed by atoms with E-state index in [0.29, 0.717) is 0 Å². The highest BCUT2D eigenvalue weighted by Gasteiger charge is 2.06. The van der Waals surface area contributed by atoms with Gasteiger partial charge in [-0.15, -0.1) is 0 Å². The Morgan fingerprint density at radius 1 is 1.14 bits per heavy atom. The topological polar surface area (TPSA) is 20.2 Å². The Hall–Kier alpha value is -0.820. The molecule has 1 rings (SSSR count). The molecule has 78 valence electrons. The Morgan fingerprint density at radius 3 is 2.36 bits per heavy atom. The van der Waals surface area contributed by atoms with Crippen molar-refractivity contribution < 1.29 is 5.11 Å². The molecule has 1 N–H and O–H groups in total. The van der Waals surface area contributed by atoms with Gasteiger partial charge in [-0.3, -0.25) is 0 Å². The number of benzene rings is 1. The Balaban J connectivity index is 2.73. The minimum absolute atomic E-state index is 0.187. The second-order valence-electron chi connectivity index (χ2n) is 3.78. The van der Waals surface area contributed by atoms with E-state index in [2.05, 4.69) is 31.2 Å². The minimum atomic E-state index is -0.187. The summed E-state index contributed by atoms with van der Waals surface area (Å²) in [4.78, 5) is 0. The molecule has 1 nitrogen and oxygen atoms in total. The molecule has 0 aliphatic heterocycles. The van der Waals surface area contributed by atoms with Crippen LogP contribution in [-0.4, -0.2) is 11.2 Å². The fourth-order valence-electron chi connectivity index (χ4n) is 1.67. The Morgan fingerprint density at radius 2 is 1.79 bits per heavy atom. The van der Waals surface area contributed by atoms with Crippen LogP contribution in [-0.2, 0) is 12.8 Å². The highest BCUT2D eigenvalue weighted by Crippen LogP contribution is 2.14. The van der Waals surface area contributed by atoms with Crippen LogP contribution in [0.25, 0.3) is 0 Å². The van der Waals surface area contributed by atoms with E-state index < -0.39 is 0 Å². The fourth-order valence-corrected chi connectivity index (χ4v) is 1.67. The second kappa shape index (κ2) is 5.82. The van der Waals surface area contributed by atoms with Crippen LogP contribution >= 0.6 is 0 Å². The van der Waals surface area contributed by atoms with Crippen molar-refractivity contribution in [2.24, 2.45) is 0 Å². The molecular weight excluding hydrogens is 172 g/mol. The predicted molar refractivity (Wildman–Crippen MR) is 60.4 cm³/mol. The molecule has 0 heterocycles. The zero-order valence-electron chi connectivity index (χ0n) is 9.16. The molecule has 14 heavy (non-hydrogen) atoms. The molecule has 0 aliphatic carbocycles. The summed E-state index contributed by atoms with van der Waals surface area (Å²) in [6.07, 6.45) is 3.73. The van der Waals surface area contributed by atoms with E-state index in [-0.39, 0.29) is 6.10 Å². The van der Waals surface area contributed by atoms with Gasteiger partial charge in [0.15, 0.2) is 0 Å². The molecule has 1 atom stereocenters. The van der Waals surface area contributed by atoms with E-state index in [1.54, 1.807) is 0 Å². The highest BCUT2D eigenvalue weighted by atomic mass is 16.3. The second-order valence-corrected chi connectivity index (χ2v) is 3.78. The standard InChI is InChI=1S/C13H20O/c1-3-7-11-8-5-6-9-12(11)10-13(14)4-2/h5-6,8-9,13-14H,3-4,7,10H2,1-2H3. The lowest BCUT2D eigenvalue weighted by molar-refractivity contribution is 0.170. The summed E-state index contributed by atoms with van der Waals surface area (Å²) in [5, 5.41) is 9.60. The third-order valence-electron chi connectivity index (χ3n) is 2.56. The first-order valence-corrected chi connectivity index (χ1v) is 5.52. The Kier molecular flexibility index (Phi) is 4.68. The van der Waals surface area contributed by atoms with Crippen molar-refractivity contribution in [3.8, 4) is 0 Å². The smallest absolute Gasteiger partial charge is 0.0578 e. The van der Waals surface area contributed by atoms with Crippen LogP contribution in [0.3, 0.4) is 0 Å². The van der Waals surface area contributed by atoms with Crippen molar-refractivity contribution in [2.75, 3.05) is 0 Å². The SMILES string of the molecule is CCCc1ccccc1CC(O)CC. The normalized spacial score (nSPS) is 12.8. The third kappa shape index (κ3) is 3.15. The number of hydrogen-bond donors (Lipinski definition) is 1. The first-order chi connectivity index (χ1) is 6.77. The molecule has 0 bridgehead atoms. The lowest BCUT2D eigenvalue weighted by Gasteiger charge is -2.11. The molecule has 1 unspecified atom stereocenters. The molecule has 0 radical (unpaired) electrons. The summed E-state index contributed by atoms with van der Waals surface area (Å²) in [5.74, 6) is 0. The molecular formula is C13H20O. The van der Waals surface area contributed by atoms with E-state index in [0.717, 1.165) is 19.3 Å². The van der Waals surface area contributed by atoms with Gasteiger partial charge >= 0.3 is 0 Å². The van der Waals surface area contributed by atoms with E-state index in [1.807, 2.05) is 6.92 Å². The molecule has 0 aromatic heterocycles. The van der Waals surface area contributed by atoms with Gasteiger partial charge in [0.1, 0.15) is 0 Å². The summed E-state index contributed by atoms with van der Waals surface area (Å²) in [5.41, 5.74) is 2.70. The van der Waals surface area contributed by atoms with Crippen molar-refractivity contribution in [3.05, 3.63) is 35.4 Å². The molecule has 1 aromatic carbocycles. The Labute approximate surface area is 86.8 Å².